The van der Waals surface area contributed by atoms with Gasteiger partial charge in [-0.05, 0) is 35.9 Å². The second kappa shape index (κ2) is 9.25. The Morgan fingerprint density at radius 1 is 1.13 bits per heavy atom. The lowest BCUT2D eigenvalue weighted by atomic mass is 9.98. The highest BCUT2D eigenvalue weighted by Gasteiger charge is 2.32. The summed E-state index contributed by atoms with van der Waals surface area (Å²) >= 11 is 0. The van der Waals surface area contributed by atoms with E-state index < -0.39 is 6.03 Å². The van der Waals surface area contributed by atoms with E-state index in [-0.39, 0.29) is 11.8 Å². The van der Waals surface area contributed by atoms with Crippen LogP contribution < -0.4 is 20.3 Å². The molecule has 1 aliphatic rings. The molecule has 0 radical (unpaired) electrons. The molecule has 1 unspecified atom stereocenters. The molecule has 31 heavy (non-hydrogen) atoms. The smallest absolute Gasteiger partial charge is 0.320 e. The van der Waals surface area contributed by atoms with Crippen LogP contribution in [0.4, 0.5) is 16.3 Å². The van der Waals surface area contributed by atoms with Crippen LogP contribution in [0, 0.1) is 0 Å². The molecule has 1 atom stereocenters. The first-order valence-electron chi connectivity index (χ1n) is 9.97. The number of ether oxygens (including phenoxy) is 1. The zero-order chi connectivity index (χ0) is 21.6. The normalized spacial score (nSPS) is 15.6. The summed E-state index contributed by atoms with van der Waals surface area (Å²) in [5.74, 6) is 1.25. The van der Waals surface area contributed by atoms with Crippen LogP contribution in [0.3, 0.4) is 0 Å². The Morgan fingerprint density at radius 2 is 2.03 bits per heavy atom. The highest BCUT2D eigenvalue weighted by atomic mass is 16.5. The predicted octanol–water partition coefficient (Wildman–Crippen LogP) is 3.33. The van der Waals surface area contributed by atoms with Gasteiger partial charge in [0.1, 0.15) is 11.6 Å². The lowest BCUT2D eigenvalue weighted by Gasteiger charge is -2.18. The fraction of sp³-hybridized carbons (Fsp3) is 0.217. The van der Waals surface area contributed by atoms with Crippen molar-refractivity contribution < 1.29 is 14.3 Å². The summed E-state index contributed by atoms with van der Waals surface area (Å²) in [7, 11) is 1.63. The largest absolute Gasteiger partial charge is 0.497 e. The van der Waals surface area contributed by atoms with Crippen LogP contribution in [0.5, 0.6) is 5.75 Å². The number of nitrogens with one attached hydrogen (secondary N) is 2. The minimum Gasteiger partial charge on any atom is -0.497 e. The molecule has 1 saturated heterocycles. The second-order valence-electron chi connectivity index (χ2n) is 7.21. The molecule has 2 N–H and O–H groups in total. The summed E-state index contributed by atoms with van der Waals surface area (Å²) < 4.78 is 5.30. The van der Waals surface area contributed by atoms with E-state index in [0.29, 0.717) is 31.0 Å². The lowest BCUT2D eigenvalue weighted by molar-refractivity contribution is -0.117. The SMILES string of the molecule is COc1cccc(C2CC(=O)N(c3ccnc(NC(=O)NCc4ccccn4)c3)C2)c1. The van der Waals surface area contributed by atoms with Gasteiger partial charge in [-0.3, -0.25) is 15.1 Å². The molecule has 1 aliphatic heterocycles. The van der Waals surface area contributed by atoms with Crippen LogP contribution in [0.15, 0.2) is 67.0 Å². The number of aromatic nitrogens is 2. The zero-order valence-electron chi connectivity index (χ0n) is 17.1. The Hall–Kier alpha value is -3.94. The van der Waals surface area contributed by atoms with E-state index in [1.54, 1.807) is 36.5 Å². The maximum atomic E-state index is 12.7. The summed E-state index contributed by atoms with van der Waals surface area (Å²) in [5, 5.41) is 5.45. The average molecular weight is 417 g/mol. The summed E-state index contributed by atoms with van der Waals surface area (Å²) in [6, 6.07) is 16.4. The number of urea groups is 1. The van der Waals surface area contributed by atoms with Gasteiger partial charge in [-0.1, -0.05) is 18.2 Å². The molecule has 0 saturated carbocycles. The second-order valence-corrected chi connectivity index (χ2v) is 7.21. The minimum absolute atomic E-state index is 0.0320. The molecule has 1 aromatic carbocycles. The zero-order valence-corrected chi connectivity index (χ0v) is 17.1. The third kappa shape index (κ3) is 4.98. The van der Waals surface area contributed by atoms with Crippen molar-refractivity contribution in [2.24, 2.45) is 0 Å². The summed E-state index contributed by atoms with van der Waals surface area (Å²) in [5.41, 5.74) is 2.52. The Morgan fingerprint density at radius 3 is 2.84 bits per heavy atom. The van der Waals surface area contributed by atoms with Gasteiger partial charge in [0.25, 0.3) is 0 Å². The number of methoxy groups -OCH3 is 1. The van der Waals surface area contributed by atoms with E-state index in [1.165, 1.54) is 0 Å². The maximum absolute atomic E-state index is 12.7. The van der Waals surface area contributed by atoms with Crippen molar-refractivity contribution >= 4 is 23.4 Å². The number of anilines is 2. The molecule has 3 amide bonds. The Bertz CT molecular complexity index is 1070. The third-order valence-electron chi connectivity index (χ3n) is 5.14. The predicted molar refractivity (Wildman–Crippen MR) is 117 cm³/mol. The first-order valence-corrected chi connectivity index (χ1v) is 9.97. The number of rotatable bonds is 6. The van der Waals surface area contributed by atoms with Gasteiger partial charge in [0.15, 0.2) is 0 Å². The fourth-order valence-electron chi connectivity index (χ4n) is 3.57. The van der Waals surface area contributed by atoms with Crippen molar-refractivity contribution in [3.05, 3.63) is 78.2 Å². The molecule has 0 bridgehead atoms. The summed E-state index contributed by atoms with van der Waals surface area (Å²) in [4.78, 5) is 35.0. The molecular formula is C23H23N5O3. The van der Waals surface area contributed by atoms with E-state index in [0.717, 1.165) is 17.0 Å². The molecule has 0 aliphatic carbocycles. The number of amides is 3. The van der Waals surface area contributed by atoms with Crippen molar-refractivity contribution in [3.8, 4) is 5.75 Å². The topological polar surface area (TPSA) is 96.5 Å². The highest BCUT2D eigenvalue weighted by molar-refractivity contribution is 5.97. The Kier molecular flexibility index (Phi) is 6.07. The Labute approximate surface area is 180 Å². The van der Waals surface area contributed by atoms with Crippen molar-refractivity contribution in [2.75, 3.05) is 23.9 Å². The summed E-state index contributed by atoms with van der Waals surface area (Å²) in [6.07, 6.45) is 3.67. The van der Waals surface area contributed by atoms with Crippen molar-refractivity contribution in [1.82, 2.24) is 15.3 Å². The number of hydrogen-bond acceptors (Lipinski definition) is 5. The number of hydrogen-bond donors (Lipinski definition) is 2. The average Bonchev–Trinajstić information content (AvgIpc) is 3.20. The van der Waals surface area contributed by atoms with E-state index in [1.807, 2.05) is 42.5 Å². The number of benzene rings is 1. The van der Waals surface area contributed by atoms with Crippen LogP contribution in [0.2, 0.25) is 0 Å². The fourth-order valence-corrected chi connectivity index (χ4v) is 3.57. The number of nitrogens with zero attached hydrogens (tertiary/aromatic N) is 3. The molecule has 8 nitrogen and oxygen atoms in total. The molecule has 4 rings (SSSR count). The highest BCUT2D eigenvalue weighted by Crippen LogP contribution is 2.33. The lowest BCUT2D eigenvalue weighted by Crippen LogP contribution is -2.29. The van der Waals surface area contributed by atoms with Gasteiger partial charge in [0, 0.05) is 43.0 Å². The van der Waals surface area contributed by atoms with E-state index in [4.69, 9.17) is 4.74 Å². The van der Waals surface area contributed by atoms with E-state index >= 15 is 0 Å². The van der Waals surface area contributed by atoms with Gasteiger partial charge in [-0.25, -0.2) is 9.78 Å². The number of carbonyl (C=O) groups excluding carboxylic acids is 2. The van der Waals surface area contributed by atoms with Gasteiger partial charge >= 0.3 is 6.03 Å². The molecule has 3 heterocycles. The van der Waals surface area contributed by atoms with Crippen LogP contribution in [0.25, 0.3) is 0 Å². The number of pyridine rings is 2. The monoisotopic (exact) mass is 417 g/mol. The molecule has 0 spiro atoms. The molecule has 3 aromatic rings. The van der Waals surface area contributed by atoms with Crippen LogP contribution in [0.1, 0.15) is 23.6 Å². The van der Waals surface area contributed by atoms with Crippen molar-refractivity contribution in [2.45, 2.75) is 18.9 Å². The first kappa shape index (κ1) is 20.3. The number of carbonyl (C=O) groups is 2. The quantitative estimate of drug-likeness (QED) is 0.641. The van der Waals surface area contributed by atoms with E-state index in [9.17, 15) is 9.59 Å². The molecule has 158 valence electrons. The van der Waals surface area contributed by atoms with E-state index in [2.05, 4.69) is 20.6 Å². The third-order valence-corrected chi connectivity index (χ3v) is 5.14. The van der Waals surface area contributed by atoms with Crippen LogP contribution >= 0.6 is 0 Å². The van der Waals surface area contributed by atoms with Crippen molar-refractivity contribution in [1.29, 1.82) is 0 Å². The molecular weight excluding hydrogens is 394 g/mol. The van der Waals surface area contributed by atoms with Gasteiger partial charge in [-0.2, -0.15) is 0 Å². The Balaban J connectivity index is 1.40. The van der Waals surface area contributed by atoms with Gasteiger partial charge in [-0.15, -0.1) is 0 Å². The first-order chi connectivity index (χ1) is 15.1. The van der Waals surface area contributed by atoms with Gasteiger partial charge < -0.3 is 15.0 Å². The van der Waals surface area contributed by atoms with Gasteiger partial charge in [0.05, 0.1) is 19.3 Å². The summed E-state index contributed by atoms with van der Waals surface area (Å²) in [6.45, 7) is 0.862. The van der Waals surface area contributed by atoms with Crippen molar-refractivity contribution in [3.63, 3.8) is 0 Å². The molecule has 8 heteroatoms. The van der Waals surface area contributed by atoms with Gasteiger partial charge in [0.2, 0.25) is 5.91 Å². The molecule has 2 aromatic heterocycles. The minimum atomic E-state index is -0.391. The standard InChI is InChI=1S/C23H23N5O3/c1-31-20-7-4-5-16(11-20)17-12-22(29)28(15-17)19-8-10-25-21(13-19)27-23(30)26-14-18-6-2-3-9-24-18/h2-11,13,17H,12,14-15H2,1H3,(H2,25,26,27,30). The van der Waals surface area contributed by atoms with Crippen LogP contribution in [-0.4, -0.2) is 35.6 Å². The van der Waals surface area contributed by atoms with Crippen LogP contribution in [-0.2, 0) is 11.3 Å². The molecule has 1 fully saturated rings. The maximum Gasteiger partial charge on any atom is 0.320 e.